The van der Waals surface area contributed by atoms with E-state index in [-0.39, 0.29) is 25.3 Å². The Labute approximate surface area is 218 Å². The number of ether oxygens (including phenoxy) is 2. The molecule has 37 heavy (non-hydrogen) atoms. The number of hydrogen-bond acceptors (Lipinski definition) is 7. The minimum absolute atomic E-state index is 0.00804. The smallest absolute Gasteiger partial charge is 0.250 e. The van der Waals surface area contributed by atoms with Crippen LogP contribution in [0.4, 0.5) is 5.69 Å². The minimum atomic E-state index is -1.47. The topological polar surface area (TPSA) is 140 Å². The van der Waals surface area contributed by atoms with Crippen LogP contribution in [-0.4, -0.2) is 55.3 Å². The number of halogens is 1. The molecule has 194 valence electrons. The van der Waals surface area contributed by atoms with Gasteiger partial charge >= 0.3 is 0 Å². The summed E-state index contributed by atoms with van der Waals surface area (Å²) in [6.45, 7) is 0.128. The molecule has 4 atom stereocenters. The fourth-order valence-corrected chi connectivity index (χ4v) is 6.12. The van der Waals surface area contributed by atoms with Crippen molar-refractivity contribution in [2.24, 2.45) is 17.6 Å². The third-order valence-electron chi connectivity index (χ3n) is 7.56. The number of amides is 4. The molecule has 2 aromatic rings. The monoisotopic (exact) mass is 526 g/mol. The number of primary amides is 1. The van der Waals surface area contributed by atoms with Gasteiger partial charge in [-0.3, -0.25) is 29.4 Å². The molecule has 2 saturated heterocycles. The largest absolute Gasteiger partial charge is 0.493 e. The van der Waals surface area contributed by atoms with Gasteiger partial charge in [-0.1, -0.05) is 29.8 Å². The summed E-state index contributed by atoms with van der Waals surface area (Å²) in [5, 5.41) is 6.39. The molecule has 3 aliphatic rings. The van der Waals surface area contributed by atoms with Gasteiger partial charge in [-0.25, -0.2) is 0 Å². The van der Waals surface area contributed by atoms with E-state index in [4.69, 9.17) is 26.8 Å². The summed E-state index contributed by atoms with van der Waals surface area (Å²) in [5.41, 5.74) is 5.69. The second-order valence-electron chi connectivity index (χ2n) is 9.45. The highest BCUT2D eigenvalue weighted by Gasteiger charge is 2.70. The Balaban J connectivity index is 1.48. The lowest BCUT2D eigenvalue weighted by molar-refractivity contribution is -0.142. The van der Waals surface area contributed by atoms with E-state index in [0.29, 0.717) is 34.2 Å². The van der Waals surface area contributed by atoms with Gasteiger partial charge < -0.3 is 20.5 Å². The normalized spacial score (nSPS) is 25.9. The van der Waals surface area contributed by atoms with Gasteiger partial charge in [0.05, 0.1) is 36.8 Å². The number of carbonyl (C=O) groups is 4. The first kappa shape index (κ1) is 25.0. The van der Waals surface area contributed by atoms with E-state index in [1.807, 2.05) is 6.07 Å². The Bertz CT molecular complexity index is 1320. The van der Waals surface area contributed by atoms with Crippen molar-refractivity contribution in [3.63, 3.8) is 0 Å². The molecule has 4 N–H and O–H groups in total. The van der Waals surface area contributed by atoms with Gasteiger partial charge in [0, 0.05) is 24.6 Å². The third kappa shape index (κ3) is 3.82. The zero-order valence-electron chi connectivity index (χ0n) is 20.4. The Morgan fingerprint density at radius 2 is 1.86 bits per heavy atom. The molecule has 0 unspecified atom stereocenters. The number of para-hydroxylation sites is 1. The van der Waals surface area contributed by atoms with Crippen molar-refractivity contribution in [3.8, 4) is 11.5 Å². The quantitative estimate of drug-likeness (QED) is 0.444. The Morgan fingerprint density at radius 3 is 2.57 bits per heavy atom. The van der Waals surface area contributed by atoms with Gasteiger partial charge in [-0.15, -0.1) is 0 Å². The van der Waals surface area contributed by atoms with Crippen LogP contribution in [0.2, 0.25) is 5.02 Å². The number of rotatable bonds is 8. The van der Waals surface area contributed by atoms with Crippen LogP contribution in [-0.2, 0) is 31.1 Å². The van der Waals surface area contributed by atoms with Crippen LogP contribution in [0, 0.1) is 11.8 Å². The number of hydrogen-bond donors (Lipinski definition) is 3. The molecule has 2 aromatic carbocycles. The zero-order chi connectivity index (χ0) is 26.5. The lowest BCUT2D eigenvalue weighted by atomic mass is 9.76. The number of nitrogens with two attached hydrogens (primary N) is 1. The minimum Gasteiger partial charge on any atom is -0.493 e. The van der Waals surface area contributed by atoms with Gasteiger partial charge in [0.15, 0.2) is 11.5 Å². The molecular formula is C26H27ClN4O6. The number of benzene rings is 2. The number of fused-ring (bicyclic) bond motifs is 4. The summed E-state index contributed by atoms with van der Waals surface area (Å²) in [6, 6.07) is 9.87. The van der Waals surface area contributed by atoms with Gasteiger partial charge in [-0.05, 0) is 36.6 Å². The van der Waals surface area contributed by atoms with E-state index in [1.165, 1.54) is 12.0 Å². The van der Waals surface area contributed by atoms with E-state index in [1.54, 1.807) is 37.4 Å². The molecular weight excluding hydrogens is 500 g/mol. The fraction of sp³-hybridized carbons (Fsp3) is 0.385. The van der Waals surface area contributed by atoms with Gasteiger partial charge in [0.2, 0.25) is 23.6 Å². The predicted molar refractivity (Wildman–Crippen MR) is 134 cm³/mol. The molecule has 0 saturated carbocycles. The lowest BCUT2D eigenvalue weighted by Crippen LogP contribution is -2.53. The predicted octanol–water partition coefficient (Wildman–Crippen LogP) is 1.59. The molecule has 3 aliphatic heterocycles. The number of methoxy groups -OCH3 is 2. The summed E-state index contributed by atoms with van der Waals surface area (Å²) in [7, 11) is 3.08. The summed E-state index contributed by atoms with van der Waals surface area (Å²) >= 11 is 6.35. The maximum Gasteiger partial charge on any atom is 0.250 e. The van der Waals surface area contributed by atoms with Crippen LogP contribution < -0.4 is 25.8 Å². The molecule has 0 bridgehead atoms. The molecule has 0 aromatic heterocycles. The van der Waals surface area contributed by atoms with Gasteiger partial charge in [-0.2, -0.15) is 0 Å². The van der Waals surface area contributed by atoms with Crippen LogP contribution in [0.15, 0.2) is 36.4 Å². The summed E-state index contributed by atoms with van der Waals surface area (Å²) in [5.74, 6) is -2.48. The maximum atomic E-state index is 13.8. The number of imide groups is 1. The average Bonchev–Trinajstić information content (AvgIpc) is 3.46. The molecule has 4 amide bonds. The lowest BCUT2D eigenvalue weighted by Gasteiger charge is -2.29. The van der Waals surface area contributed by atoms with Crippen LogP contribution in [0.1, 0.15) is 24.0 Å². The van der Waals surface area contributed by atoms with Crippen molar-refractivity contribution < 1.29 is 28.7 Å². The first-order valence-corrected chi connectivity index (χ1v) is 12.3. The van der Waals surface area contributed by atoms with E-state index < -0.39 is 41.1 Å². The van der Waals surface area contributed by atoms with Crippen LogP contribution in [0.25, 0.3) is 0 Å². The van der Waals surface area contributed by atoms with Crippen LogP contribution in [0.3, 0.4) is 0 Å². The highest BCUT2D eigenvalue weighted by molar-refractivity contribution is 6.35. The molecule has 3 heterocycles. The third-order valence-corrected chi connectivity index (χ3v) is 7.88. The van der Waals surface area contributed by atoms with E-state index in [9.17, 15) is 19.2 Å². The van der Waals surface area contributed by atoms with Crippen molar-refractivity contribution in [3.05, 3.63) is 52.5 Å². The number of carbonyl (C=O) groups excluding carboxylic acids is 4. The molecule has 10 nitrogen and oxygen atoms in total. The Morgan fingerprint density at radius 1 is 1.11 bits per heavy atom. The van der Waals surface area contributed by atoms with Crippen molar-refractivity contribution in [1.82, 2.24) is 10.2 Å². The van der Waals surface area contributed by atoms with Gasteiger partial charge in [0.1, 0.15) is 5.54 Å². The molecule has 5 rings (SSSR count). The van der Waals surface area contributed by atoms with Gasteiger partial charge in [0.25, 0.3) is 0 Å². The number of likely N-dealkylation sites (tertiary alicyclic amines) is 1. The Kier molecular flexibility index (Phi) is 6.33. The second kappa shape index (κ2) is 9.35. The molecule has 2 fully saturated rings. The number of nitrogens with one attached hydrogen (secondary N) is 2. The number of nitrogens with zero attached hydrogens (tertiary/aromatic N) is 1. The van der Waals surface area contributed by atoms with E-state index in [2.05, 4.69) is 10.6 Å². The molecule has 11 heteroatoms. The zero-order valence-corrected chi connectivity index (χ0v) is 21.1. The summed E-state index contributed by atoms with van der Waals surface area (Å²) in [6.07, 6.45) is 0.607. The van der Waals surface area contributed by atoms with Crippen LogP contribution in [0.5, 0.6) is 11.5 Å². The summed E-state index contributed by atoms with van der Waals surface area (Å²) < 4.78 is 10.6. The van der Waals surface area contributed by atoms with E-state index >= 15 is 0 Å². The van der Waals surface area contributed by atoms with E-state index in [0.717, 1.165) is 5.56 Å². The Hall–Kier alpha value is -3.63. The highest BCUT2D eigenvalue weighted by Crippen LogP contribution is 2.54. The summed E-state index contributed by atoms with van der Waals surface area (Å²) in [4.78, 5) is 53.8. The van der Waals surface area contributed by atoms with Crippen molar-refractivity contribution >= 4 is 40.9 Å². The number of anilines is 1. The average molecular weight is 527 g/mol. The first-order valence-electron chi connectivity index (χ1n) is 12.0. The molecule has 1 spiro atoms. The highest BCUT2D eigenvalue weighted by atomic mass is 35.5. The first-order chi connectivity index (χ1) is 17.7. The second-order valence-corrected chi connectivity index (χ2v) is 9.86. The van der Waals surface area contributed by atoms with Crippen molar-refractivity contribution in [1.29, 1.82) is 0 Å². The SMILES string of the molecule is COc1ccc(CCN2C(=O)[C@@H]3[C@H](CCC(N)=O)N[C@@]4(C(=O)Nc5c(Cl)cccc54)[C@@H]3C2=O)cc1OC. The molecule has 0 radical (unpaired) electrons. The van der Waals surface area contributed by atoms with Crippen LogP contribution >= 0.6 is 11.6 Å². The van der Waals surface area contributed by atoms with Crippen molar-refractivity contribution in [2.45, 2.75) is 30.8 Å². The maximum absolute atomic E-state index is 13.8. The molecule has 0 aliphatic carbocycles. The standard InChI is InChI=1S/C26H27ClN4O6/c1-36-17-8-6-13(12-18(17)37-2)10-11-31-23(33)20-16(7-9-19(28)32)30-26(21(20)24(31)34)14-4-3-5-15(27)22(14)29-25(26)35/h3-6,8,12,16,20-21,30H,7,9-11H2,1-2H3,(H2,28,32)(H,29,35)/t16-,20+,21-,26+/m0/s1. The van der Waals surface area contributed by atoms with Crippen molar-refractivity contribution in [2.75, 3.05) is 26.1 Å². The fourth-order valence-electron chi connectivity index (χ4n) is 5.90.